The number of anilines is 1. The minimum absolute atomic E-state index is 0.180. The molecule has 28 heavy (non-hydrogen) atoms. The molecule has 1 aromatic rings. The lowest BCUT2D eigenvalue weighted by atomic mass is 10.2. The highest BCUT2D eigenvalue weighted by atomic mass is 32.2. The van der Waals surface area contributed by atoms with Gasteiger partial charge in [-0.2, -0.15) is 17.0 Å². The Morgan fingerprint density at radius 3 is 2.29 bits per heavy atom. The van der Waals surface area contributed by atoms with Gasteiger partial charge in [-0.05, 0) is 12.1 Å². The standard InChI is InChI=1S/C18H30N4O5S/c1-5-21(6-2)28(24,25)22-11-9-20(10-12-22)14-18(23)19-16-13-15(26-3)7-8-17(16)27-4/h7-8,13H,5-6,9-12,14H2,1-4H3,(H,19,23). The van der Waals surface area contributed by atoms with Crippen LogP contribution < -0.4 is 14.8 Å². The van der Waals surface area contributed by atoms with E-state index in [-0.39, 0.29) is 12.5 Å². The first-order valence-corrected chi connectivity index (χ1v) is 10.7. The maximum absolute atomic E-state index is 12.6. The zero-order valence-corrected chi connectivity index (χ0v) is 17.8. The highest BCUT2D eigenvalue weighted by molar-refractivity contribution is 7.86. The van der Waals surface area contributed by atoms with E-state index in [1.165, 1.54) is 15.7 Å². The number of methoxy groups -OCH3 is 2. The van der Waals surface area contributed by atoms with E-state index in [9.17, 15) is 13.2 Å². The van der Waals surface area contributed by atoms with Crippen molar-refractivity contribution in [3.8, 4) is 11.5 Å². The van der Waals surface area contributed by atoms with E-state index < -0.39 is 10.2 Å². The van der Waals surface area contributed by atoms with Crippen LogP contribution in [0, 0.1) is 0 Å². The summed E-state index contributed by atoms with van der Waals surface area (Å²) in [5.74, 6) is 0.974. The second-order valence-corrected chi connectivity index (χ2v) is 8.31. The SMILES string of the molecule is CCN(CC)S(=O)(=O)N1CCN(CC(=O)Nc2cc(OC)ccc2OC)CC1. The third-order valence-electron chi connectivity index (χ3n) is 4.74. The molecule has 0 saturated carbocycles. The number of carbonyl (C=O) groups excluding carboxylic acids is 1. The smallest absolute Gasteiger partial charge is 0.282 e. The maximum Gasteiger partial charge on any atom is 0.282 e. The monoisotopic (exact) mass is 414 g/mol. The summed E-state index contributed by atoms with van der Waals surface area (Å²) in [5.41, 5.74) is 0.537. The van der Waals surface area contributed by atoms with Crippen LogP contribution in [0.5, 0.6) is 11.5 Å². The van der Waals surface area contributed by atoms with Crippen molar-refractivity contribution in [2.24, 2.45) is 0 Å². The molecule has 1 N–H and O–H groups in total. The third-order valence-corrected chi connectivity index (χ3v) is 6.92. The topological polar surface area (TPSA) is 91.4 Å². The predicted molar refractivity (Wildman–Crippen MR) is 108 cm³/mol. The minimum atomic E-state index is -3.43. The highest BCUT2D eigenvalue weighted by Gasteiger charge is 2.31. The van der Waals surface area contributed by atoms with Crippen LogP contribution in [-0.2, 0) is 15.0 Å². The van der Waals surface area contributed by atoms with Gasteiger partial charge in [0.15, 0.2) is 0 Å². The Hall–Kier alpha value is -1.88. The van der Waals surface area contributed by atoms with Crippen LogP contribution in [0.15, 0.2) is 18.2 Å². The van der Waals surface area contributed by atoms with E-state index >= 15 is 0 Å². The zero-order valence-electron chi connectivity index (χ0n) is 17.0. The van der Waals surface area contributed by atoms with Crippen molar-refractivity contribution in [1.29, 1.82) is 0 Å². The molecule has 1 aliphatic heterocycles. The third kappa shape index (κ3) is 5.34. The van der Waals surface area contributed by atoms with E-state index in [1.807, 2.05) is 18.7 Å². The van der Waals surface area contributed by atoms with Crippen LogP contribution in [0.2, 0.25) is 0 Å². The molecule has 1 fully saturated rings. The Balaban J connectivity index is 1.92. The lowest BCUT2D eigenvalue weighted by Gasteiger charge is -2.35. The molecule has 0 aliphatic carbocycles. The number of benzene rings is 1. The summed E-state index contributed by atoms with van der Waals surface area (Å²) >= 11 is 0. The van der Waals surface area contributed by atoms with Crippen molar-refractivity contribution >= 4 is 21.8 Å². The van der Waals surface area contributed by atoms with Gasteiger partial charge in [0.2, 0.25) is 5.91 Å². The molecule has 0 aromatic heterocycles. The molecule has 0 radical (unpaired) electrons. The minimum Gasteiger partial charge on any atom is -0.497 e. The number of hydrogen-bond donors (Lipinski definition) is 1. The van der Waals surface area contributed by atoms with E-state index in [0.717, 1.165) is 0 Å². The molecule has 0 bridgehead atoms. The maximum atomic E-state index is 12.6. The summed E-state index contributed by atoms with van der Waals surface area (Å²) in [6.45, 7) is 6.48. The molecule has 158 valence electrons. The average Bonchev–Trinajstić information content (AvgIpc) is 2.69. The van der Waals surface area contributed by atoms with Crippen molar-refractivity contribution in [1.82, 2.24) is 13.5 Å². The summed E-state index contributed by atoms with van der Waals surface area (Å²) in [5, 5.41) is 2.84. The van der Waals surface area contributed by atoms with Crippen LogP contribution in [-0.4, -0.2) is 87.9 Å². The fraction of sp³-hybridized carbons (Fsp3) is 0.611. The number of nitrogens with zero attached hydrogens (tertiary/aromatic N) is 3. The van der Waals surface area contributed by atoms with Gasteiger partial charge in [-0.3, -0.25) is 9.69 Å². The molecule has 9 nitrogen and oxygen atoms in total. The van der Waals surface area contributed by atoms with E-state index in [0.29, 0.717) is 56.5 Å². The molecular weight excluding hydrogens is 384 g/mol. The number of nitrogens with one attached hydrogen (secondary N) is 1. The van der Waals surface area contributed by atoms with Crippen molar-refractivity contribution in [3.63, 3.8) is 0 Å². The highest BCUT2D eigenvalue weighted by Crippen LogP contribution is 2.28. The van der Waals surface area contributed by atoms with Gasteiger partial charge in [0.05, 0.1) is 26.5 Å². The molecule has 0 spiro atoms. The zero-order chi connectivity index (χ0) is 20.7. The predicted octanol–water partition coefficient (Wildman–Crippen LogP) is 0.847. The molecule has 0 unspecified atom stereocenters. The van der Waals surface area contributed by atoms with E-state index in [2.05, 4.69) is 5.32 Å². The number of piperazine rings is 1. The Labute approximate surface area is 167 Å². The lowest BCUT2D eigenvalue weighted by Crippen LogP contribution is -2.54. The van der Waals surface area contributed by atoms with Crippen molar-refractivity contribution < 1.29 is 22.7 Å². The first-order chi connectivity index (χ1) is 13.3. The van der Waals surface area contributed by atoms with Gasteiger partial charge in [-0.15, -0.1) is 0 Å². The van der Waals surface area contributed by atoms with Crippen LogP contribution in [0.25, 0.3) is 0 Å². The largest absolute Gasteiger partial charge is 0.497 e. The molecule has 1 aliphatic rings. The van der Waals surface area contributed by atoms with Gasteiger partial charge in [0.1, 0.15) is 11.5 Å². The summed E-state index contributed by atoms with van der Waals surface area (Å²) < 4.78 is 38.5. The number of rotatable bonds is 9. The molecule has 1 heterocycles. The summed E-state index contributed by atoms with van der Waals surface area (Å²) in [4.78, 5) is 14.4. The first-order valence-electron chi connectivity index (χ1n) is 9.35. The average molecular weight is 415 g/mol. The van der Waals surface area contributed by atoms with Gasteiger partial charge in [-0.25, -0.2) is 0 Å². The molecule has 2 rings (SSSR count). The van der Waals surface area contributed by atoms with Crippen molar-refractivity contribution in [2.75, 3.05) is 65.3 Å². The number of carbonyl (C=O) groups is 1. The summed E-state index contributed by atoms with van der Waals surface area (Å²) in [6, 6.07) is 5.18. The van der Waals surface area contributed by atoms with Crippen molar-refractivity contribution in [3.05, 3.63) is 18.2 Å². The van der Waals surface area contributed by atoms with Gasteiger partial charge in [0.25, 0.3) is 10.2 Å². The number of hydrogen-bond acceptors (Lipinski definition) is 6. The Morgan fingerprint density at radius 1 is 1.11 bits per heavy atom. The van der Waals surface area contributed by atoms with Crippen LogP contribution in [0.1, 0.15) is 13.8 Å². The summed E-state index contributed by atoms with van der Waals surface area (Å²) in [7, 11) is -0.343. The van der Waals surface area contributed by atoms with Crippen LogP contribution in [0.3, 0.4) is 0 Å². The number of amides is 1. The van der Waals surface area contributed by atoms with E-state index in [4.69, 9.17) is 9.47 Å². The molecule has 10 heteroatoms. The Kier molecular flexibility index (Phi) is 8.05. The molecule has 1 saturated heterocycles. The fourth-order valence-electron chi connectivity index (χ4n) is 3.14. The second kappa shape index (κ2) is 10.1. The van der Waals surface area contributed by atoms with Crippen LogP contribution >= 0.6 is 0 Å². The van der Waals surface area contributed by atoms with Gasteiger partial charge in [0, 0.05) is 45.3 Å². The van der Waals surface area contributed by atoms with Crippen molar-refractivity contribution in [2.45, 2.75) is 13.8 Å². The van der Waals surface area contributed by atoms with E-state index in [1.54, 1.807) is 25.3 Å². The lowest BCUT2D eigenvalue weighted by molar-refractivity contribution is -0.117. The quantitative estimate of drug-likeness (QED) is 0.644. The normalized spacial score (nSPS) is 16.2. The van der Waals surface area contributed by atoms with Gasteiger partial charge < -0.3 is 14.8 Å². The Bertz CT molecular complexity index is 759. The molecular formula is C18H30N4O5S. The first kappa shape index (κ1) is 22.4. The molecule has 1 amide bonds. The molecule has 1 aromatic carbocycles. The molecule has 0 atom stereocenters. The fourth-order valence-corrected chi connectivity index (χ4v) is 4.74. The Morgan fingerprint density at radius 2 is 1.75 bits per heavy atom. The van der Waals surface area contributed by atoms with Gasteiger partial charge in [-0.1, -0.05) is 13.8 Å². The van der Waals surface area contributed by atoms with Gasteiger partial charge >= 0.3 is 0 Å². The summed E-state index contributed by atoms with van der Waals surface area (Å²) in [6.07, 6.45) is 0. The number of ether oxygens (including phenoxy) is 2. The second-order valence-electron chi connectivity index (χ2n) is 6.38. The van der Waals surface area contributed by atoms with Crippen LogP contribution in [0.4, 0.5) is 5.69 Å².